The molecule has 0 aliphatic carbocycles. The van der Waals surface area contributed by atoms with Crippen LogP contribution in [0.4, 0.5) is 0 Å². The molecule has 1 rings (SSSR count). The van der Waals surface area contributed by atoms with E-state index in [2.05, 4.69) is 26.0 Å². The average molecular weight is 835 g/mol. The Hall–Kier alpha value is -2.34. The Morgan fingerprint density at radius 2 is 1.00 bits per heavy atom. The van der Waals surface area contributed by atoms with Gasteiger partial charge in [0.25, 0.3) is 0 Å². The van der Waals surface area contributed by atoms with Gasteiger partial charge in [-0.3, -0.25) is 9.59 Å². The van der Waals surface area contributed by atoms with Gasteiger partial charge in [0.05, 0.1) is 13.2 Å². The number of hydrogen-bond donors (Lipinski definition) is 4. The van der Waals surface area contributed by atoms with Crippen molar-refractivity contribution in [3.05, 3.63) is 48.6 Å². The summed E-state index contributed by atoms with van der Waals surface area (Å²) in [5, 5.41) is 40.1. The molecule has 0 aromatic heterocycles. The molecule has 1 aliphatic heterocycles. The molecule has 3 unspecified atom stereocenters. The van der Waals surface area contributed by atoms with Gasteiger partial charge in [-0.15, -0.1) is 0 Å². The molecule has 10 heteroatoms. The first kappa shape index (κ1) is 54.7. The van der Waals surface area contributed by atoms with Gasteiger partial charge >= 0.3 is 11.9 Å². The third-order valence-corrected chi connectivity index (χ3v) is 10.8. The van der Waals surface area contributed by atoms with Crippen LogP contribution in [0.2, 0.25) is 0 Å². The highest BCUT2D eigenvalue weighted by molar-refractivity contribution is 5.70. The second kappa shape index (κ2) is 39.8. The molecule has 59 heavy (non-hydrogen) atoms. The normalized spacial score (nSPS) is 20.4. The lowest BCUT2D eigenvalue weighted by Crippen LogP contribution is -2.59. The van der Waals surface area contributed by atoms with E-state index in [1.54, 1.807) is 0 Å². The molecule has 1 fully saturated rings. The summed E-state index contributed by atoms with van der Waals surface area (Å²) in [6.45, 7) is 3.25. The average Bonchev–Trinajstić information content (AvgIpc) is 3.23. The molecular weight excluding hydrogens is 749 g/mol. The Labute approximate surface area is 358 Å². The molecule has 6 atom stereocenters. The summed E-state index contributed by atoms with van der Waals surface area (Å²) in [6.07, 6.45) is 39.9. The van der Waals surface area contributed by atoms with Gasteiger partial charge in [-0.1, -0.05) is 197 Å². The molecule has 0 saturated carbocycles. The van der Waals surface area contributed by atoms with Crippen molar-refractivity contribution in [1.29, 1.82) is 0 Å². The van der Waals surface area contributed by atoms with E-state index >= 15 is 0 Å². The van der Waals surface area contributed by atoms with Crippen LogP contribution < -0.4 is 0 Å². The fraction of sp³-hybridized carbons (Fsp3) is 0.796. The second-order valence-electron chi connectivity index (χ2n) is 16.3. The predicted octanol–water partition coefficient (Wildman–Crippen LogP) is 10.4. The van der Waals surface area contributed by atoms with E-state index in [9.17, 15) is 30.0 Å². The van der Waals surface area contributed by atoms with Gasteiger partial charge in [0.15, 0.2) is 12.4 Å². The molecule has 10 nitrogen and oxygen atoms in total. The first-order valence-corrected chi connectivity index (χ1v) is 23.8. The summed E-state index contributed by atoms with van der Waals surface area (Å²) in [5.41, 5.74) is 0. The number of allylic oxidation sites excluding steroid dienone is 8. The minimum absolute atomic E-state index is 0.184. The number of carbonyl (C=O) groups excluding carboxylic acids is 2. The maximum Gasteiger partial charge on any atom is 0.306 e. The monoisotopic (exact) mass is 835 g/mol. The zero-order valence-electron chi connectivity index (χ0n) is 37.2. The molecule has 0 aromatic rings. The number of aliphatic hydroxyl groups is 4. The molecule has 0 bridgehead atoms. The van der Waals surface area contributed by atoms with Crippen LogP contribution in [0.3, 0.4) is 0 Å². The van der Waals surface area contributed by atoms with Gasteiger partial charge in [-0.25, -0.2) is 0 Å². The first-order chi connectivity index (χ1) is 28.8. The summed E-state index contributed by atoms with van der Waals surface area (Å²) < 4.78 is 22.1. The Kier molecular flexibility index (Phi) is 36.9. The molecule has 342 valence electrons. The summed E-state index contributed by atoms with van der Waals surface area (Å²) in [7, 11) is 0. The maximum absolute atomic E-state index is 12.7. The minimum Gasteiger partial charge on any atom is -0.462 e. The smallest absolute Gasteiger partial charge is 0.306 e. The summed E-state index contributed by atoms with van der Waals surface area (Å²) in [6, 6.07) is 0. The van der Waals surface area contributed by atoms with Crippen LogP contribution in [0.1, 0.15) is 194 Å². The van der Waals surface area contributed by atoms with E-state index < -0.39 is 49.4 Å². The van der Waals surface area contributed by atoms with Crippen molar-refractivity contribution >= 4 is 11.9 Å². The lowest BCUT2D eigenvalue weighted by atomic mass is 9.99. The molecule has 4 N–H and O–H groups in total. The highest BCUT2D eigenvalue weighted by Crippen LogP contribution is 2.23. The predicted molar refractivity (Wildman–Crippen MR) is 238 cm³/mol. The fourth-order valence-corrected chi connectivity index (χ4v) is 7.08. The van der Waals surface area contributed by atoms with Gasteiger partial charge in [-0.2, -0.15) is 0 Å². The van der Waals surface area contributed by atoms with Crippen LogP contribution in [-0.4, -0.2) is 89.0 Å². The number of hydrogen-bond acceptors (Lipinski definition) is 10. The van der Waals surface area contributed by atoms with Crippen LogP contribution in [0, 0.1) is 0 Å². The van der Waals surface area contributed by atoms with Crippen molar-refractivity contribution in [3.8, 4) is 0 Å². The molecule has 0 amide bonds. The lowest BCUT2D eigenvalue weighted by molar-refractivity contribution is -0.305. The van der Waals surface area contributed by atoms with Crippen LogP contribution in [0.5, 0.6) is 0 Å². The summed E-state index contributed by atoms with van der Waals surface area (Å²) in [4.78, 5) is 25.3. The van der Waals surface area contributed by atoms with E-state index in [4.69, 9.17) is 18.9 Å². The molecule has 0 radical (unpaired) electrons. The van der Waals surface area contributed by atoms with E-state index in [0.717, 1.165) is 44.9 Å². The molecule has 1 aliphatic rings. The first-order valence-electron chi connectivity index (χ1n) is 23.8. The van der Waals surface area contributed by atoms with E-state index in [1.807, 2.05) is 36.5 Å². The zero-order chi connectivity index (χ0) is 43.0. The highest BCUT2D eigenvalue weighted by Gasteiger charge is 2.44. The third-order valence-electron chi connectivity index (χ3n) is 10.8. The molecular formula is C49H86O10. The number of carbonyl (C=O) groups is 2. The topological polar surface area (TPSA) is 152 Å². The quantitative estimate of drug-likeness (QED) is 0.0267. The van der Waals surface area contributed by atoms with Crippen molar-refractivity contribution in [3.63, 3.8) is 0 Å². The Morgan fingerprint density at radius 3 is 1.51 bits per heavy atom. The summed E-state index contributed by atoms with van der Waals surface area (Å²) >= 11 is 0. The fourth-order valence-electron chi connectivity index (χ4n) is 7.08. The minimum atomic E-state index is -1.60. The second-order valence-corrected chi connectivity index (χ2v) is 16.3. The van der Waals surface area contributed by atoms with Crippen LogP contribution in [-0.2, 0) is 28.5 Å². The third kappa shape index (κ3) is 31.2. The molecule has 0 spiro atoms. The lowest BCUT2D eigenvalue weighted by Gasteiger charge is -2.39. The van der Waals surface area contributed by atoms with E-state index in [1.165, 1.54) is 116 Å². The number of aliphatic hydroxyl groups excluding tert-OH is 4. The van der Waals surface area contributed by atoms with Crippen molar-refractivity contribution < 1.29 is 49.0 Å². The number of unbranched alkanes of at least 4 members (excludes halogenated alkanes) is 23. The van der Waals surface area contributed by atoms with Crippen molar-refractivity contribution in [2.45, 2.75) is 230 Å². The number of ether oxygens (including phenoxy) is 4. The van der Waals surface area contributed by atoms with Gasteiger partial charge in [0.1, 0.15) is 31.0 Å². The summed E-state index contributed by atoms with van der Waals surface area (Å²) in [5.74, 6) is -0.848. The van der Waals surface area contributed by atoms with Gasteiger partial charge in [0.2, 0.25) is 0 Å². The molecule has 0 aromatic carbocycles. The van der Waals surface area contributed by atoms with Crippen molar-refractivity contribution in [2.24, 2.45) is 0 Å². The van der Waals surface area contributed by atoms with E-state index in [-0.39, 0.29) is 32.0 Å². The van der Waals surface area contributed by atoms with Gasteiger partial charge in [-0.05, 0) is 32.1 Å². The number of esters is 2. The SMILES string of the molecule is CC/C=C/C=C/C=C/C=C/CCCCCC(=O)OC(COC(=O)CCCCCCCCCCCCCCCCCCCCCCC)CO[C@H]1O[C@@H](CO)[C@@H](O)C(O)C1O. The standard InChI is InChI=1S/C49H86O10/c1-3-5-7-9-11-13-15-17-18-19-20-21-22-23-24-26-27-29-31-33-35-37-44(51)56-40-42(41-57-49-48(55)47(54)46(53)43(39-50)59-49)58-45(52)38-36-34-32-30-28-25-16-14-12-10-8-6-4-2/h6,8,10,12,14,16,25,28,42-43,46-50,53-55H,3-5,7,9,11,13,15,17-24,26-27,29-41H2,1-2H3/b8-6+,12-10+,16-14+,28-25+/t42?,43-,46+,47?,48?,49-/m0/s1. The van der Waals surface area contributed by atoms with Crippen LogP contribution in [0.15, 0.2) is 48.6 Å². The Balaban J connectivity index is 2.27. The molecule has 1 heterocycles. The van der Waals surface area contributed by atoms with Gasteiger partial charge in [0, 0.05) is 12.8 Å². The van der Waals surface area contributed by atoms with Crippen molar-refractivity contribution in [1.82, 2.24) is 0 Å². The van der Waals surface area contributed by atoms with Crippen molar-refractivity contribution in [2.75, 3.05) is 19.8 Å². The Morgan fingerprint density at radius 1 is 0.542 bits per heavy atom. The Bertz CT molecular complexity index is 1100. The van der Waals surface area contributed by atoms with Crippen LogP contribution in [0.25, 0.3) is 0 Å². The number of rotatable bonds is 39. The largest absolute Gasteiger partial charge is 0.462 e. The molecule has 1 saturated heterocycles. The van der Waals surface area contributed by atoms with Crippen LogP contribution >= 0.6 is 0 Å². The zero-order valence-corrected chi connectivity index (χ0v) is 37.2. The van der Waals surface area contributed by atoms with E-state index in [0.29, 0.717) is 6.42 Å². The van der Waals surface area contributed by atoms with Gasteiger partial charge < -0.3 is 39.4 Å². The highest BCUT2D eigenvalue weighted by atomic mass is 16.7. The maximum atomic E-state index is 12.7.